The Morgan fingerprint density at radius 2 is 2.03 bits per heavy atom. The highest BCUT2D eigenvalue weighted by molar-refractivity contribution is 5.87. The Hall–Kier alpha value is -3.26. The van der Waals surface area contributed by atoms with Crippen molar-refractivity contribution in [1.82, 2.24) is 15.1 Å². The molecule has 0 amide bonds. The Labute approximate surface area is 191 Å². The molecule has 174 valence electrons. The molecule has 1 N–H and O–H groups in total. The quantitative estimate of drug-likeness (QED) is 0.429. The number of halogens is 2. The van der Waals surface area contributed by atoms with Crippen molar-refractivity contribution in [3.8, 4) is 5.75 Å². The SMILES string of the molecule is COC(=O)/C=C/c1ccc([C@@H]2c3ccc4[nH]ncc4c3C[C@@H](C)N2CC(C)(F)F)c(OC)c1. The van der Waals surface area contributed by atoms with Gasteiger partial charge in [0.2, 0.25) is 0 Å². The number of hydrogen-bond donors (Lipinski definition) is 1. The minimum absolute atomic E-state index is 0.127. The second-order valence-corrected chi connectivity index (χ2v) is 8.52. The van der Waals surface area contributed by atoms with Gasteiger partial charge in [-0.2, -0.15) is 5.10 Å². The van der Waals surface area contributed by atoms with Crippen molar-refractivity contribution in [3.05, 3.63) is 64.9 Å². The highest BCUT2D eigenvalue weighted by Crippen LogP contribution is 2.44. The molecule has 8 heteroatoms. The third-order valence-electron chi connectivity index (χ3n) is 6.09. The minimum Gasteiger partial charge on any atom is -0.496 e. The van der Waals surface area contributed by atoms with Gasteiger partial charge in [-0.15, -0.1) is 0 Å². The first-order valence-electron chi connectivity index (χ1n) is 10.7. The normalized spacial score (nSPS) is 19.1. The number of rotatable bonds is 6. The molecule has 33 heavy (non-hydrogen) atoms. The average molecular weight is 456 g/mol. The Kier molecular flexibility index (Phi) is 6.21. The van der Waals surface area contributed by atoms with Crippen LogP contribution in [0.5, 0.6) is 5.75 Å². The molecular formula is C25H27F2N3O3. The fourth-order valence-corrected chi connectivity index (χ4v) is 4.63. The molecule has 0 fully saturated rings. The Morgan fingerprint density at radius 1 is 1.27 bits per heavy atom. The summed E-state index contributed by atoms with van der Waals surface area (Å²) < 4.78 is 38.9. The van der Waals surface area contributed by atoms with Crippen molar-refractivity contribution >= 4 is 22.9 Å². The monoisotopic (exact) mass is 455 g/mol. The minimum atomic E-state index is -2.86. The van der Waals surface area contributed by atoms with Crippen LogP contribution in [0.2, 0.25) is 0 Å². The summed E-state index contributed by atoms with van der Waals surface area (Å²) in [7, 11) is 2.87. The van der Waals surface area contributed by atoms with Crippen molar-refractivity contribution in [3.63, 3.8) is 0 Å². The average Bonchev–Trinajstić information content (AvgIpc) is 3.26. The van der Waals surface area contributed by atoms with E-state index in [-0.39, 0.29) is 12.6 Å². The summed E-state index contributed by atoms with van der Waals surface area (Å²) in [4.78, 5) is 13.3. The topological polar surface area (TPSA) is 67.5 Å². The van der Waals surface area contributed by atoms with Crippen LogP contribution >= 0.6 is 0 Å². The molecule has 0 radical (unpaired) electrons. The van der Waals surface area contributed by atoms with Crippen LogP contribution in [-0.4, -0.2) is 53.8 Å². The fourth-order valence-electron chi connectivity index (χ4n) is 4.63. The third kappa shape index (κ3) is 4.61. The van der Waals surface area contributed by atoms with E-state index >= 15 is 0 Å². The van der Waals surface area contributed by atoms with Gasteiger partial charge in [0.1, 0.15) is 5.75 Å². The first kappa shape index (κ1) is 22.9. The summed E-state index contributed by atoms with van der Waals surface area (Å²) in [6, 6.07) is 8.88. The second kappa shape index (κ2) is 8.94. The fraction of sp³-hybridized carbons (Fsp3) is 0.360. The first-order chi connectivity index (χ1) is 15.7. The molecule has 0 aliphatic carbocycles. The zero-order chi connectivity index (χ0) is 23.8. The molecule has 0 saturated heterocycles. The maximum absolute atomic E-state index is 14.3. The lowest BCUT2D eigenvalue weighted by Gasteiger charge is -2.43. The van der Waals surface area contributed by atoms with Gasteiger partial charge in [-0.3, -0.25) is 10.00 Å². The molecule has 0 bridgehead atoms. The number of carbonyl (C=O) groups excluding carboxylic acids is 1. The summed E-state index contributed by atoms with van der Waals surface area (Å²) in [5, 5.41) is 8.17. The van der Waals surface area contributed by atoms with Crippen LogP contribution in [0.25, 0.3) is 17.0 Å². The van der Waals surface area contributed by atoms with Gasteiger partial charge in [0.05, 0.1) is 38.5 Å². The van der Waals surface area contributed by atoms with Gasteiger partial charge in [0.25, 0.3) is 5.92 Å². The van der Waals surface area contributed by atoms with E-state index in [0.29, 0.717) is 12.2 Å². The van der Waals surface area contributed by atoms with Crippen molar-refractivity contribution < 1.29 is 23.0 Å². The second-order valence-electron chi connectivity index (χ2n) is 8.52. The molecule has 2 atom stereocenters. The molecule has 1 aliphatic rings. The van der Waals surface area contributed by atoms with Gasteiger partial charge < -0.3 is 9.47 Å². The molecule has 0 saturated carbocycles. The lowest BCUT2D eigenvalue weighted by atomic mass is 9.83. The predicted molar refractivity (Wildman–Crippen MR) is 122 cm³/mol. The molecule has 3 aromatic rings. The van der Waals surface area contributed by atoms with Crippen LogP contribution in [0.15, 0.2) is 42.6 Å². The zero-order valence-corrected chi connectivity index (χ0v) is 19.1. The Balaban J connectivity index is 1.86. The highest BCUT2D eigenvalue weighted by atomic mass is 19.3. The van der Waals surface area contributed by atoms with Gasteiger partial charge in [-0.1, -0.05) is 18.2 Å². The van der Waals surface area contributed by atoms with Crippen LogP contribution < -0.4 is 4.74 Å². The van der Waals surface area contributed by atoms with Crippen LogP contribution in [-0.2, 0) is 16.0 Å². The number of carbonyl (C=O) groups is 1. The van der Waals surface area contributed by atoms with Gasteiger partial charge in [-0.05, 0) is 48.2 Å². The number of methoxy groups -OCH3 is 2. The maximum Gasteiger partial charge on any atom is 0.330 e. The van der Waals surface area contributed by atoms with Gasteiger partial charge in [0.15, 0.2) is 0 Å². The molecule has 1 aromatic heterocycles. The van der Waals surface area contributed by atoms with E-state index in [1.54, 1.807) is 25.4 Å². The van der Waals surface area contributed by atoms with E-state index in [9.17, 15) is 13.6 Å². The van der Waals surface area contributed by atoms with E-state index < -0.39 is 17.9 Å². The number of H-pyrrole nitrogens is 1. The summed E-state index contributed by atoms with van der Waals surface area (Å²) >= 11 is 0. The Morgan fingerprint density at radius 3 is 2.73 bits per heavy atom. The number of fused-ring (bicyclic) bond motifs is 3. The summed E-state index contributed by atoms with van der Waals surface area (Å²) in [5.41, 5.74) is 4.51. The van der Waals surface area contributed by atoms with Crippen LogP contribution in [0.3, 0.4) is 0 Å². The number of ether oxygens (including phenoxy) is 2. The van der Waals surface area contributed by atoms with E-state index in [2.05, 4.69) is 14.9 Å². The third-order valence-corrected chi connectivity index (χ3v) is 6.09. The number of aromatic amines is 1. The Bertz CT molecular complexity index is 1200. The van der Waals surface area contributed by atoms with Crippen LogP contribution in [0.1, 0.15) is 42.1 Å². The molecule has 0 spiro atoms. The van der Waals surface area contributed by atoms with Crippen LogP contribution in [0.4, 0.5) is 8.78 Å². The van der Waals surface area contributed by atoms with Gasteiger partial charge in [-0.25, -0.2) is 13.6 Å². The van der Waals surface area contributed by atoms with E-state index in [1.165, 1.54) is 13.2 Å². The van der Waals surface area contributed by atoms with Crippen molar-refractivity contribution in [1.29, 1.82) is 0 Å². The molecular weight excluding hydrogens is 428 g/mol. The van der Waals surface area contributed by atoms with Gasteiger partial charge >= 0.3 is 5.97 Å². The number of nitrogens with zero attached hydrogens (tertiary/aromatic N) is 2. The van der Waals surface area contributed by atoms with Crippen LogP contribution in [0, 0.1) is 0 Å². The molecule has 6 nitrogen and oxygen atoms in total. The van der Waals surface area contributed by atoms with Crippen molar-refractivity contribution in [2.45, 2.75) is 38.3 Å². The standard InChI is InChI=1S/C25H27F2N3O3/c1-15-11-19-17(8-9-21-20(19)13-28-29-21)24(30(15)14-25(2,26)27)18-7-5-16(12-22(18)32-3)6-10-23(31)33-4/h5-10,12-13,15,24H,11,14H2,1-4H3,(H,28,29)/b10-6+/t15-,24+/m1/s1. The molecule has 2 aromatic carbocycles. The van der Waals surface area contributed by atoms with E-state index in [1.807, 2.05) is 36.1 Å². The van der Waals surface area contributed by atoms with Crippen molar-refractivity contribution in [2.75, 3.05) is 20.8 Å². The predicted octanol–water partition coefficient (Wildman–Crippen LogP) is 4.75. The summed E-state index contributed by atoms with van der Waals surface area (Å²) in [6.07, 6.45) is 5.38. The largest absolute Gasteiger partial charge is 0.496 e. The molecule has 4 rings (SSSR count). The highest BCUT2D eigenvalue weighted by Gasteiger charge is 2.39. The first-order valence-corrected chi connectivity index (χ1v) is 10.7. The van der Waals surface area contributed by atoms with E-state index in [0.717, 1.165) is 40.1 Å². The summed E-state index contributed by atoms with van der Waals surface area (Å²) in [6.45, 7) is 2.54. The zero-order valence-electron chi connectivity index (χ0n) is 19.1. The molecule has 2 heterocycles. The van der Waals surface area contributed by atoms with Crippen molar-refractivity contribution in [2.24, 2.45) is 0 Å². The maximum atomic E-state index is 14.3. The lowest BCUT2D eigenvalue weighted by molar-refractivity contribution is -0.134. The number of aromatic nitrogens is 2. The lowest BCUT2D eigenvalue weighted by Crippen LogP contribution is -2.47. The molecule has 1 aliphatic heterocycles. The smallest absolute Gasteiger partial charge is 0.330 e. The molecule has 0 unspecified atom stereocenters. The number of benzene rings is 2. The number of nitrogens with one attached hydrogen (secondary N) is 1. The van der Waals surface area contributed by atoms with Gasteiger partial charge in [0, 0.05) is 30.0 Å². The number of hydrogen-bond acceptors (Lipinski definition) is 5. The number of alkyl halides is 2. The number of esters is 1. The van der Waals surface area contributed by atoms with E-state index in [4.69, 9.17) is 4.74 Å². The summed E-state index contributed by atoms with van der Waals surface area (Å²) in [5.74, 6) is -2.77.